The molecule has 3 aromatic heterocycles. The summed E-state index contributed by atoms with van der Waals surface area (Å²) in [5, 5.41) is 13.1. The first-order chi connectivity index (χ1) is 26.5. The van der Waals surface area contributed by atoms with Gasteiger partial charge in [-0.25, -0.2) is 9.97 Å². The number of aromatic amines is 1. The highest BCUT2D eigenvalue weighted by Crippen LogP contribution is 2.43. The van der Waals surface area contributed by atoms with Crippen molar-refractivity contribution in [1.29, 1.82) is 0 Å². The van der Waals surface area contributed by atoms with E-state index in [1.165, 1.54) is 38.9 Å². The molecule has 0 saturated heterocycles. The summed E-state index contributed by atoms with van der Waals surface area (Å²) in [4.78, 5) is 13.1. The van der Waals surface area contributed by atoms with Crippen molar-refractivity contribution in [3.8, 4) is 56.3 Å². The van der Waals surface area contributed by atoms with Gasteiger partial charge in [0.15, 0.2) is 0 Å². The van der Waals surface area contributed by atoms with Crippen molar-refractivity contribution in [2.45, 2.75) is 79.1 Å². The van der Waals surface area contributed by atoms with E-state index in [2.05, 4.69) is 143 Å². The summed E-state index contributed by atoms with van der Waals surface area (Å²) in [6.45, 7) is 18.2. The molecule has 0 atom stereocenters. The van der Waals surface area contributed by atoms with Gasteiger partial charge >= 0.3 is 0 Å². The Bertz CT molecular complexity index is 2620. The third-order valence-electron chi connectivity index (χ3n) is 11.1. The Morgan fingerprint density at radius 3 is 1.75 bits per heavy atom. The maximum atomic E-state index is 10.8. The van der Waals surface area contributed by atoms with Gasteiger partial charge in [-0.05, 0) is 117 Å². The van der Waals surface area contributed by atoms with Gasteiger partial charge < -0.3 is 10.1 Å². The van der Waals surface area contributed by atoms with Crippen molar-refractivity contribution >= 4 is 21.8 Å². The van der Waals surface area contributed by atoms with Gasteiger partial charge in [0, 0.05) is 21.9 Å². The number of imidazole rings is 1. The van der Waals surface area contributed by atoms with Crippen LogP contribution in [0.3, 0.4) is 0 Å². The first-order valence-corrected chi connectivity index (χ1v) is 19.6. The molecule has 0 spiro atoms. The summed E-state index contributed by atoms with van der Waals surface area (Å²) < 4.78 is 2.27. The van der Waals surface area contributed by atoms with E-state index in [4.69, 9.17) is 4.98 Å². The Hall–Kier alpha value is -5.94. The molecule has 3 heterocycles. The van der Waals surface area contributed by atoms with Crippen LogP contribution in [-0.2, 0) is 0 Å². The van der Waals surface area contributed by atoms with Gasteiger partial charge in [0.05, 0.1) is 34.9 Å². The van der Waals surface area contributed by atoms with E-state index in [0.717, 1.165) is 44.4 Å². The minimum absolute atomic E-state index is 0.207. The number of H-pyrrole nitrogens is 1. The number of benzene rings is 5. The maximum absolute atomic E-state index is 10.8. The zero-order chi connectivity index (χ0) is 38.5. The Kier molecular flexibility index (Phi) is 9.42. The van der Waals surface area contributed by atoms with Gasteiger partial charge in [0.25, 0.3) is 0 Å². The van der Waals surface area contributed by atoms with Crippen molar-refractivity contribution in [2.24, 2.45) is 0 Å². The molecule has 5 aromatic carbocycles. The number of nitrogens with one attached hydrogen (secondary N) is 1. The average Bonchev–Trinajstić information content (AvgIpc) is 3.83. The number of para-hydroxylation sites is 1. The lowest BCUT2D eigenvalue weighted by atomic mass is 9.88. The third kappa shape index (κ3) is 6.73. The van der Waals surface area contributed by atoms with Gasteiger partial charge in [-0.3, -0.25) is 4.57 Å². The highest BCUT2D eigenvalue weighted by atomic mass is 16.3. The van der Waals surface area contributed by atoms with Crippen LogP contribution in [0.2, 0.25) is 0 Å². The SMILES string of the molecule is CC(C)c1cc(-c2ccc3c(c2)c2cc(-c4cc(C(C)C)cc(C(C)C)c4)c(-c4cnc[nH]4)cc2n3-c2cccc(-c3ccccc3O)n2)cc(C(C)C)c1. The predicted molar refractivity (Wildman–Crippen MR) is 230 cm³/mol. The van der Waals surface area contributed by atoms with Crippen LogP contribution in [-0.4, -0.2) is 24.6 Å². The molecular weight excluding hydrogens is 673 g/mol. The number of aromatic nitrogens is 4. The van der Waals surface area contributed by atoms with Crippen LogP contribution in [0.1, 0.15) is 101 Å². The average molecular weight is 723 g/mol. The van der Waals surface area contributed by atoms with E-state index in [9.17, 15) is 5.11 Å². The van der Waals surface area contributed by atoms with E-state index in [1.807, 2.05) is 36.5 Å². The molecule has 0 radical (unpaired) electrons. The quantitative estimate of drug-likeness (QED) is 0.156. The number of rotatable bonds is 9. The van der Waals surface area contributed by atoms with Crippen molar-refractivity contribution in [2.75, 3.05) is 0 Å². The fourth-order valence-electron chi connectivity index (χ4n) is 7.75. The molecule has 0 amide bonds. The largest absolute Gasteiger partial charge is 0.507 e. The summed E-state index contributed by atoms with van der Waals surface area (Å²) in [7, 11) is 0. The lowest BCUT2D eigenvalue weighted by molar-refractivity contribution is 0.477. The molecule has 276 valence electrons. The third-order valence-corrected chi connectivity index (χ3v) is 11.1. The topological polar surface area (TPSA) is 66.7 Å². The molecule has 5 nitrogen and oxygen atoms in total. The van der Waals surface area contributed by atoms with Crippen molar-refractivity contribution in [3.05, 3.63) is 144 Å². The van der Waals surface area contributed by atoms with Gasteiger partial charge in [0.1, 0.15) is 11.6 Å². The second kappa shape index (κ2) is 14.4. The van der Waals surface area contributed by atoms with Gasteiger partial charge in [-0.2, -0.15) is 0 Å². The minimum Gasteiger partial charge on any atom is -0.507 e. The lowest BCUT2D eigenvalue weighted by Crippen LogP contribution is -1.99. The van der Waals surface area contributed by atoms with Crippen LogP contribution >= 0.6 is 0 Å². The van der Waals surface area contributed by atoms with E-state index in [-0.39, 0.29) is 5.75 Å². The highest BCUT2D eigenvalue weighted by molar-refractivity contribution is 6.13. The summed E-state index contributed by atoms with van der Waals surface area (Å²) in [6.07, 6.45) is 3.67. The molecule has 0 saturated carbocycles. The molecule has 0 fully saturated rings. The molecule has 0 aliphatic rings. The molecule has 55 heavy (non-hydrogen) atoms. The highest BCUT2D eigenvalue weighted by Gasteiger charge is 2.21. The van der Waals surface area contributed by atoms with E-state index >= 15 is 0 Å². The molecule has 8 rings (SSSR count). The Labute approximate surface area is 324 Å². The maximum Gasteiger partial charge on any atom is 0.138 e. The minimum atomic E-state index is 0.207. The Morgan fingerprint density at radius 2 is 1.15 bits per heavy atom. The van der Waals surface area contributed by atoms with Gasteiger partial charge in [-0.15, -0.1) is 0 Å². The van der Waals surface area contributed by atoms with Crippen LogP contribution in [0.4, 0.5) is 0 Å². The molecule has 8 aromatic rings. The van der Waals surface area contributed by atoms with Crippen LogP contribution < -0.4 is 0 Å². The van der Waals surface area contributed by atoms with Crippen LogP contribution in [0.25, 0.3) is 72.4 Å². The number of phenols is 1. The Morgan fingerprint density at radius 1 is 0.527 bits per heavy atom. The zero-order valence-electron chi connectivity index (χ0n) is 33.1. The van der Waals surface area contributed by atoms with Gasteiger partial charge in [0.2, 0.25) is 0 Å². The normalized spacial score (nSPS) is 12.0. The standard InChI is InChI=1S/C50H50N4O/c1-29(2)34-18-35(30(3)4)21-38(20-34)33-16-17-47-43(24-33)44-25-41(39-22-36(31(5)6)19-37(23-39)32(7)8)42(46-27-51-28-52-46)26-48(44)54(47)50-15-11-13-45(53-50)40-12-9-10-14-49(40)55/h9-32,55H,1-8H3,(H,51,52). The number of phenolic OH excluding ortho intramolecular Hbond substituents is 1. The number of hydrogen-bond donors (Lipinski definition) is 2. The summed E-state index contributed by atoms with van der Waals surface area (Å²) in [5.74, 6) is 2.61. The first kappa shape index (κ1) is 36.1. The lowest BCUT2D eigenvalue weighted by Gasteiger charge is -2.17. The molecular formula is C50H50N4O. The molecule has 2 N–H and O–H groups in total. The number of nitrogens with zero attached hydrogens (tertiary/aromatic N) is 3. The molecule has 0 bridgehead atoms. The monoisotopic (exact) mass is 722 g/mol. The predicted octanol–water partition coefficient (Wildman–Crippen LogP) is 13.8. The molecule has 5 heteroatoms. The van der Waals surface area contributed by atoms with Crippen LogP contribution in [0.5, 0.6) is 5.75 Å². The number of fused-ring (bicyclic) bond motifs is 3. The van der Waals surface area contributed by atoms with Gasteiger partial charge in [-0.1, -0.05) is 116 Å². The van der Waals surface area contributed by atoms with Crippen molar-refractivity contribution in [1.82, 2.24) is 19.5 Å². The summed E-state index contributed by atoms with van der Waals surface area (Å²) in [6, 6.07) is 39.2. The fraction of sp³-hybridized carbons (Fsp3) is 0.240. The number of pyridine rings is 1. The van der Waals surface area contributed by atoms with E-state index in [0.29, 0.717) is 34.9 Å². The van der Waals surface area contributed by atoms with E-state index in [1.54, 1.807) is 12.4 Å². The molecule has 0 aliphatic carbocycles. The number of hydrogen-bond acceptors (Lipinski definition) is 3. The number of aromatic hydroxyl groups is 1. The first-order valence-electron chi connectivity index (χ1n) is 19.6. The smallest absolute Gasteiger partial charge is 0.138 e. The van der Waals surface area contributed by atoms with Crippen LogP contribution in [0, 0.1) is 0 Å². The molecule has 0 unspecified atom stereocenters. The Balaban J connectivity index is 1.46. The van der Waals surface area contributed by atoms with E-state index < -0.39 is 0 Å². The van der Waals surface area contributed by atoms with Crippen molar-refractivity contribution in [3.63, 3.8) is 0 Å². The second-order valence-electron chi connectivity index (χ2n) is 16.2. The van der Waals surface area contributed by atoms with Crippen molar-refractivity contribution < 1.29 is 5.11 Å². The van der Waals surface area contributed by atoms with Crippen LogP contribution in [0.15, 0.2) is 122 Å². The summed E-state index contributed by atoms with van der Waals surface area (Å²) >= 11 is 0. The summed E-state index contributed by atoms with van der Waals surface area (Å²) in [5.41, 5.74) is 15.7. The fourth-order valence-corrected chi connectivity index (χ4v) is 7.75. The second-order valence-corrected chi connectivity index (χ2v) is 16.2. The zero-order valence-corrected chi connectivity index (χ0v) is 33.1. The molecule has 0 aliphatic heterocycles.